The van der Waals surface area contributed by atoms with Gasteiger partial charge >= 0.3 is 12.1 Å². The zero-order chi connectivity index (χ0) is 21.6. The van der Waals surface area contributed by atoms with Crippen LogP contribution >= 0.6 is 0 Å². The zero-order valence-electron chi connectivity index (χ0n) is 18.2. The van der Waals surface area contributed by atoms with Crippen molar-refractivity contribution in [1.82, 2.24) is 14.9 Å². The Morgan fingerprint density at radius 2 is 1.83 bits per heavy atom. The predicted molar refractivity (Wildman–Crippen MR) is 108 cm³/mol. The molecule has 0 N–H and O–H groups in total. The van der Waals surface area contributed by atoms with Crippen molar-refractivity contribution in [3.05, 3.63) is 11.8 Å². The zero-order valence-corrected chi connectivity index (χ0v) is 18.2. The van der Waals surface area contributed by atoms with Crippen LogP contribution in [0.4, 0.5) is 10.7 Å². The van der Waals surface area contributed by atoms with Gasteiger partial charge in [-0.2, -0.15) is 4.98 Å². The number of nitrogens with zero attached hydrogens (tertiary/aromatic N) is 4. The summed E-state index contributed by atoms with van der Waals surface area (Å²) in [6.07, 6.45) is 1.12. The lowest BCUT2D eigenvalue weighted by Crippen LogP contribution is -2.50. The van der Waals surface area contributed by atoms with Crippen molar-refractivity contribution in [2.24, 2.45) is 5.92 Å². The first-order valence-electron chi connectivity index (χ1n) is 10.0. The van der Waals surface area contributed by atoms with Crippen LogP contribution in [-0.4, -0.2) is 71.9 Å². The van der Waals surface area contributed by atoms with E-state index in [1.54, 1.807) is 11.8 Å². The van der Waals surface area contributed by atoms with Crippen LogP contribution in [0.5, 0.6) is 5.88 Å². The molecule has 1 aliphatic rings. The van der Waals surface area contributed by atoms with Crippen LogP contribution in [0.1, 0.15) is 51.9 Å². The van der Waals surface area contributed by atoms with Gasteiger partial charge in [0.05, 0.1) is 19.4 Å². The monoisotopic (exact) mass is 408 g/mol. The molecule has 0 radical (unpaired) electrons. The molecule has 0 unspecified atom stereocenters. The fraction of sp³-hybridized carbons (Fsp3) is 0.700. The Hall–Kier alpha value is -2.58. The van der Waals surface area contributed by atoms with E-state index in [4.69, 9.17) is 14.2 Å². The molecule has 1 fully saturated rings. The molecule has 0 aromatic carbocycles. The Morgan fingerprint density at radius 1 is 1.17 bits per heavy atom. The van der Waals surface area contributed by atoms with Crippen molar-refractivity contribution in [2.45, 2.75) is 47.1 Å². The molecule has 0 saturated carbocycles. The number of esters is 1. The minimum Gasteiger partial charge on any atom is -0.477 e. The van der Waals surface area contributed by atoms with E-state index in [-0.39, 0.29) is 30.1 Å². The SMILES string of the molecule is CCOC(=O)c1cnc(N2CCN(C(=O)OC(C)(C)C)CC2)nc1OCC(C)C. The van der Waals surface area contributed by atoms with Crippen LogP contribution in [0.25, 0.3) is 0 Å². The maximum absolute atomic E-state index is 12.2. The highest BCUT2D eigenvalue weighted by atomic mass is 16.6. The van der Waals surface area contributed by atoms with Crippen LogP contribution in [0.3, 0.4) is 0 Å². The first kappa shape index (κ1) is 22.7. The highest BCUT2D eigenvalue weighted by Crippen LogP contribution is 2.22. The fourth-order valence-corrected chi connectivity index (χ4v) is 2.63. The van der Waals surface area contributed by atoms with E-state index in [2.05, 4.69) is 9.97 Å². The molecular weight excluding hydrogens is 376 g/mol. The molecule has 0 aliphatic carbocycles. The summed E-state index contributed by atoms with van der Waals surface area (Å²) in [6.45, 7) is 14.1. The summed E-state index contributed by atoms with van der Waals surface area (Å²) in [7, 11) is 0. The van der Waals surface area contributed by atoms with E-state index >= 15 is 0 Å². The van der Waals surface area contributed by atoms with E-state index in [9.17, 15) is 9.59 Å². The van der Waals surface area contributed by atoms with E-state index in [0.717, 1.165) is 0 Å². The molecule has 1 saturated heterocycles. The molecule has 1 aliphatic heterocycles. The summed E-state index contributed by atoms with van der Waals surface area (Å²) in [4.78, 5) is 36.8. The Bertz CT molecular complexity index is 709. The molecule has 1 amide bonds. The molecule has 1 aromatic rings. The summed E-state index contributed by atoms with van der Waals surface area (Å²) in [5, 5.41) is 0. The lowest BCUT2D eigenvalue weighted by atomic mass is 10.2. The largest absolute Gasteiger partial charge is 0.477 e. The molecule has 29 heavy (non-hydrogen) atoms. The lowest BCUT2D eigenvalue weighted by Gasteiger charge is -2.35. The van der Waals surface area contributed by atoms with Crippen molar-refractivity contribution >= 4 is 18.0 Å². The van der Waals surface area contributed by atoms with Gasteiger partial charge in [-0.1, -0.05) is 13.8 Å². The number of hydrogen-bond donors (Lipinski definition) is 0. The Balaban J connectivity index is 2.09. The molecule has 1 aromatic heterocycles. The van der Waals surface area contributed by atoms with Crippen LogP contribution in [0.15, 0.2) is 6.20 Å². The molecule has 9 heteroatoms. The predicted octanol–water partition coefficient (Wildman–Crippen LogP) is 2.75. The van der Waals surface area contributed by atoms with E-state index in [0.29, 0.717) is 38.7 Å². The minimum atomic E-state index is -0.525. The van der Waals surface area contributed by atoms with Gasteiger partial charge < -0.3 is 24.0 Å². The lowest BCUT2D eigenvalue weighted by molar-refractivity contribution is 0.0239. The first-order chi connectivity index (χ1) is 13.6. The van der Waals surface area contributed by atoms with Gasteiger partial charge in [-0.15, -0.1) is 0 Å². The van der Waals surface area contributed by atoms with Crippen LogP contribution in [0.2, 0.25) is 0 Å². The second kappa shape index (κ2) is 9.76. The topological polar surface area (TPSA) is 94.1 Å². The van der Waals surface area contributed by atoms with Gasteiger partial charge in [0, 0.05) is 26.2 Å². The second-order valence-corrected chi connectivity index (χ2v) is 8.27. The Morgan fingerprint density at radius 3 is 2.38 bits per heavy atom. The van der Waals surface area contributed by atoms with Crippen LogP contribution in [-0.2, 0) is 9.47 Å². The second-order valence-electron chi connectivity index (χ2n) is 8.27. The van der Waals surface area contributed by atoms with Gasteiger partial charge in [0.25, 0.3) is 0 Å². The molecule has 2 rings (SSSR count). The van der Waals surface area contributed by atoms with Crippen molar-refractivity contribution in [3.8, 4) is 5.88 Å². The number of amides is 1. The first-order valence-corrected chi connectivity index (χ1v) is 10.0. The van der Waals surface area contributed by atoms with Crippen molar-refractivity contribution in [2.75, 3.05) is 44.3 Å². The Labute approximate surface area is 172 Å². The number of anilines is 1. The van der Waals surface area contributed by atoms with Gasteiger partial charge in [0.15, 0.2) is 0 Å². The maximum atomic E-state index is 12.2. The summed E-state index contributed by atoms with van der Waals surface area (Å²) in [6, 6.07) is 0. The third-order valence-corrected chi connectivity index (χ3v) is 4.00. The van der Waals surface area contributed by atoms with Crippen LogP contribution < -0.4 is 9.64 Å². The summed E-state index contributed by atoms with van der Waals surface area (Å²) in [5.74, 6) is 0.450. The number of carbonyl (C=O) groups excluding carboxylic acids is 2. The third-order valence-electron chi connectivity index (χ3n) is 4.00. The number of aromatic nitrogens is 2. The minimum absolute atomic E-state index is 0.212. The molecule has 0 bridgehead atoms. The summed E-state index contributed by atoms with van der Waals surface area (Å²) < 4.78 is 16.2. The summed E-state index contributed by atoms with van der Waals surface area (Å²) in [5.41, 5.74) is -0.313. The molecule has 0 atom stereocenters. The van der Waals surface area contributed by atoms with E-state index in [1.807, 2.05) is 39.5 Å². The van der Waals surface area contributed by atoms with Gasteiger partial charge in [-0.3, -0.25) is 0 Å². The standard InChI is InChI=1S/C20H32N4O5/c1-7-27-17(25)15-12-21-18(22-16(15)28-13-14(2)3)23-8-10-24(11-9-23)19(26)29-20(4,5)6/h12,14H,7-11,13H2,1-6H3. The van der Waals surface area contributed by atoms with Crippen molar-refractivity contribution in [3.63, 3.8) is 0 Å². The summed E-state index contributed by atoms with van der Waals surface area (Å²) >= 11 is 0. The molecule has 0 spiro atoms. The van der Waals surface area contributed by atoms with Gasteiger partial charge in [-0.05, 0) is 33.6 Å². The Kier molecular flexibility index (Phi) is 7.64. The number of piperazine rings is 1. The van der Waals surface area contributed by atoms with Crippen molar-refractivity contribution < 1.29 is 23.8 Å². The third kappa shape index (κ3) is 6.76. The average Bonchev–Trinajstić information content (AvgIpc) is 2.65. The number of ether oxygens (including phenoxy) is 3. The molecular formula is C20H32N4O5. The van der Waals surface area contributed by atoms with Gasteiger partial charge in [0.2, 0.25) is 11.8 Å². The van der Waals surface area contributed by atoms with Gasteiger partial charge in [0.1, 0.15) is 11.2 Å². The van der Waals surface area contributed by atoms with Crippen molar-refractivity contribution in [1.29, 1.82) is 0 Å². The number of rotatable bonds is 6. The van der Waals surface area contributed by atoms with Crippen LogP contribution in [0, 0.1) is 5.92 Å². The normalized spacial score (nSPS) is 14.7. The number of hydrogen-bond acceptors (Lipinski definition) is 8. The fourth-order valence-electron chi connectivity index (χ4n) is 2.63. The molecule has 162 valence electrons. The average molecular weight is 408 g/mol. The highest BCUT2D eigenvalue weighted by Gasteiger charge is 2.27. The quantitative estimate of drug-likeness (QED) is 0.663. The van der Waals surface area contributed by atoms with Gasteiger partial charge in [-0.25, -0.2) is 14.6 Å². The van der Waals surface area contributed by atoms with E-state index in [1.165, 1.54) is 6.20 Å². The maximum Gasteiger partial charge on any atom is 0.410 e. The molecule has 9 nitrogen and oxygen atoms in total. The molecule has 2 heterocycles. The van der Waals surface area contributed by atoms with E-state index < -0.39 is 11.6 Å². The highest BCUT2D eigenvalue weighted by molar-refractivity contribution is 5.91. The number of carbonyl (C=O) groups is 2. The smallest absolute Gasteiger partial charge is 0.410 e.